The van der Waals surface area contributed by atoms with Gasteiger partial charge in [-0.2, -0.15) is 0 Å². The number of hydrogen-bond donors (Lipinski definition) is 2. The molecule has 0 atom stereocenters. The van der Waals surface area contributed by atoms with Crippen molar-refractivity contribution in [3.63, 3.8) is 0 Å². The Hall–Kier alpha value is -1.10. The summed E-state index contributed by atoms with van der Waals surface area (Å²) in [6.45, 7) is 2.88. The fourth-order valence-corrected chi connectivity index (χ4v) is 1.10. The van der Waals surface area contributed by atoms with Gasteiger partial charge >= 0.3 is 5.97 Å². The molecule has 3 N–H and O–H groups in total. The van der Waals surface area contributed by atoms with Gasteiger partial charge < -0.3 is 15.8 Å². The third-order valence-corrected chi connectivity index (χ3v) is 1.87. The van der Waals surface area contributed by atoms with Gasteiger partial charge in [-0.3, -0.25) is 9.59 Å². The lowest BCUT2D eigenvalue weighted by atomic mass is 10.2. The Morgan fingerprint density at radius 1 is 1.27 bits per heavy atom. The van der Waals surface area contributed by atoms with Gasteiger partial charge in [0.1, 0.15) is 0 Å². The molecule has 0 radical (unpaired) electrons. The van der Waals surface area contributed by atoms with E-state index in [-0.39, 0.29) is 18.4 Å². The molecule has 0 saturated heterocycles. The molecular weight excluding hydrogens is 196 g/mol. The maximum atomic E-state index is 10.9. The van der Waals surface area contributed by atoms with E-state index in [1.807, 2.05) is 0 Å². The molecule has 0 saturated carbocycles. The van der Waals surface area contributed by atoms with Crippen LogP contribution in [0.4, 0.5) is 0 Å². The second-order valence-electron chi connectivity index (χ2n) is 3.17. The summed E-state index contributed by atoms with van der Waals surface area (Å²) < 4.78 is 4.78. The number of unbranched alkanes of at least 4 members (excludes halogenated alkanes) is 2. The number of amides is 1. The number of carbonyl (C=O) groups excluding carboxylic acids is 2. The summed E-state index contributed by atoms with van der Waals surface area (Å²) in [6, 6.07) is 0. The zero-order valence-electron chi connectivity index (χ0n) is 9.25. The number of esters is 1. The minimum absolute atomic E-state index is 0.0306. The molecule has 0 fully saturated rings. The first kappa shape index (κ1) is 13.9. The molecule has 0 heterocycles. The van der Waals surface area contributed by atoms with Crippen LogP contribution in [0.5, 0.6) is 0 Å². The highest BCUT2D eigenvalue weighted by molar-refractivity contribution is 5.77. The van der Waals surface area contributed by atoms with Crippen LogP contribution in [0.3, 0.4) is 0 Å². The average Bonchev–Trinajstić information content (AvgIpc) is 2.23. The molecule has 5 nitrogen and oxygen atoms in total. The molecule has 0 aromatic carbocycles. The molecular formula is C10H20N2O3. The Morgan fingerprint density at radius 3 is 2.60 bits per heavy atom. The summed E-state index contributed by atoms with van der Waals surface area (Å²) in [5, 5.41) is 2.67. The Kier molecular flexibility index (Phi) is 8.76. The van der Waals surface area contributed by atoms with E-state index in [0.717, 1.165) is 19.3 Å². The number of nitrogens with one attached hydrogen (secondary N) is 1. The normalized spacial score (nSPS) is 9.73. The second kappa shape index (κ2) is 9.45. The van der Waals surface area contributed by atoms with Gasteiger partial charge in [0, 0.05) is 13.0 Å². The largest absolute Gasteiger partial charge is 0.466 e. The zero-order valence-corrected chi connectivity index (χ0v) is 9.25. The first-order chi connectivity index (χ1) is 7.20. The maximum Gasteiger partial charge on any atom is 0.305 e. The van der Waals surface area contributed by atoms with Crippen LogP contribution < -0.4 is 11.1 Å². The van der Waals surface area contributed by atoms with Crippen LogP contribution in [0.2, 0.25) is 0 Å². The number of ether oxygens (including phenoxy) is 1. The van der Waals surface area contributed by atoms with Gasteiger partial charge in [-0.25, -0.2) is 0 Å². The fraction of sp³-hybridized carbons (Fsp3) is 0.800. The summed E-state index contributed by atoms with van der Waals surface area (Å²) in [7, 11) is 0. The zero-order chi connectivity index (χ0) is 11.5. The highest BCUT2D eigenvalue weighted by Crippen LogP contribution is 2.00. The highest BCUT2D eigenvalue weighted by atomic mass is 16.5. The average molecular weight is 216 g/mol. The van der Waals surface area contributed by atoms with Crippen LogP contribution in [0.1, 0.15) is 32.6 Å². The van der Waals surface area contributed by atoms with E-state index >= 15 is 0 Å². The standard InChI is InChI=1S/C10H20N2O3/c1-2-15-10(14)6-4-3-5-7-12-9(13)8-11/h2-8,11H2,1H3,(H,12,13). The number of nitrogens with two attached hydrogens (primary N) is 1. The molecule has 0 aliphatic carbocycles. The summed E-state index contributed by atoms with van der Waals surface area (Å²) in [6.07, 6.45) is 3.03. The van der Waals surface area contributed by atoms with Gasteiger partial charge in [0.2, 0.25) is 5.91 Å². The molecule has 0 rings (SSSR count). The van der Waals surface area contributed by atoms with Crippen molar-refractivity contribution in [1.82, 2.24) is 5.32 Å². The number of rotatable bonds is 8. The van der Waals surface area contributed by atoms with Crippen LogP contribution in [-0.2, 0) is 14.3 Å². The lowest BCUT2D eigenvalue weighted by Gasteiger charge is -2.03. The van der Waals surface area contributed by atoms with Crippen molar-refractivity contribution in [2.45, 2.75) is 32.6 Å². The van der Waals surface area contributed by atoms with E-state index in [1.54, 1.807) is 6.92 Å². The van der Waals surface area contributed by atoms with Crippen LogP contribution >= 0.6 is 0 Å². The Bertz CT molecular complexity index is 195. The molecule has 1 amide bonds. The Labute approximate surface area is 90.4 Å². The first-order valence-corrected chi connectivity index (χ1v) is 5.33. The molecule has 0 aliphatic heterocycles. The minimum atomic E-state index is -0.150. The molecule has 5 heteroatoms. The minimum Gasteiger partial charge on any atom is -0.466 e. The summed E-state index contributed by atoms with van der Waals surface area (Å²) in [5.74, 6) is -0.288. The van der Waals surface area contributed by atoms with E-state index in [4.69, 9.17) is 10.5 Å². The lowest BCUT2D eigenvalue weighted by Crippen LogP contribution is -2.30. The van der Waals surface area contributed by atoms with Crippen molar-refractivity contribution in [2.24, 2.45) is 5.73 Å². The Morgan fingerprint density at radius 2 is 2.00 bits per heavy atom. The SMILES string of the molecule is CCOC(=O)CCCCCNC(=O)CN. The van der Waals surface area contributed by atoms with E-state index < -0.39 is 0 Å². The molecule has 0 unspecified atom stereocenters. The van der Waals surface area contributed by atoms with Gasteiger partial charge in [0.15, 0.2) is 0 Å². The van der Waals surface area contributed by atoms with Gasteiger partial charge in [-0.1, -0.05) is 6.42 Å². The van der Waals surface area contributed by atoms with E-state index in [2.05, 4.69) is 5.32 Å². The van der Waals surface area contributed by atoms with Crippen LogP contribution in [0, 0.1) is 0 Å². The van der Waals surface area contributed by atoms with Gasteiger partial charge in [0.25, 0.3) is 0 Å². The van der Waals surface area contributed by atoms with Crippen LogP contribution in [-0.4, -0.2) is 31.6 Å². The van der Waals surface area contributed by atoms with Crippen molar-refractivity contribution < 1.29 is 14.3 Å². The van der Waals surface area contributed by atoms with Crippen molar-refractivity contribution in [2.75, 3.05) is 19.7 Å². The third-order valence-electron chi connectivity index (χ3n) is 1.87. The molecule has 88 valence electrons. The number of hydrogen-bond acceptors (Lipinski definition) is 4. The van der Waals surface area contributed by atoms with E-state index in [1.165, 1.54) is 0 Å². The molecule has 0 aromatic rings. The third kappa shape index (κ3) is 9.21. The summed E-state index contributed by atoms with van der Waals surface area (Å²) >= 11 is 0. The van der Waals surface area contributed by atoms with Crippen molar-refractivity contribution >= 4 is 11.9 Å². The molecule has 0 aromatic heterocycles. The van der Waals surface area contributed by atoms with Gasteiger partial charge in [0.05, 0.1) is 13.2 Å². The predicted octanol–water partition coefficient (Wildman–Crippen LogP) is 0.185. The number of carbonyl (C=O) groups is 2. The smallest absolute Gasteiger partial charge is 0.305 e. The molecule has 0 aliphatic rings. The van der Waals surface area contributed by atoms with Crippen LogP contribution in [0.25, 0.3) is 0 Å². The molecule has 15 heavy (non-hydrogen) atoms. The van der Waals surface area contributed by atoms with Crippen LogP contribution in [0.15, 0.2) is 0 Å². The monoisotopic (exact) mass is 216 g/mol. The van der Waals surface area contributed by atoms with E-state index in [9.17, 15) is 9.59 Å². The highest BCUT2D eigenvalue weighted by Gasteiger charge is 2.00. The predicted molar refractivity (Wildman–Crippen MR) is 57.2 cm³/mol. The van der Waals surface area contributed by atoms with Crippen molar-refractivity contribution in [1.29, 1.82) is 0 Å². The quantitative estimate of drug-likeness (QED) is 0.448. The fourth-order valence-electron chi connectivity index (χ4n) is 1.10. The maximum absolute atomic E-state index is 10.9. The van der Waals surface area contributed by atoms with E-state index in [0.29, 0.717) is 19.6 Å². The summed E-state index contributed by atoms with van der Waals surface area (Å²) in [4.78, 5) is 21.6. The Balaban J connectivity index is 3.18. The molecule has 0 bridgehead atoms. The molecule has 0 spiro atoms. The second-order valence-corrected chi connectivity index (χ2v) is 3.17. The van der Waals surface area contributed by atoms with Crippen molar-refractivity contribution in [3.05, 3.63) is 0 Å². The van der Waals surface area contributed by atoms with Crippen molar-refractivity contribution in [3.8, 4) is 0 Å². The van der Waals surface area contributed by atoms with Gasteiger partial charge in [-0.15, -0.1) is 0 Å². The summed E-state index contributed by atoms with van der Waals surface area (Å²) in [5.41, 5.74) is 5.11. The lowest BCUT2D eigenvalue weighted by molar-refractivity contribution is -0.143. The first-order valence-electron chi connectivity index (χ1n) is 5.33. The van der Waals surface area contributed by atoms with Gasteiger partial charge in [-0.05, 0) is 19.8 Å². The topological polar surface area (TPSA) is 81.4 Å².